The second-order valence-electron chi connectivity index (χ2n) is 5.87. The van der Waals surface area contributed by atoms with Crippen molar-refractivity contribution in [1.82, 2.24) is 9.80 Å². The fourth-order valence-electron chi connectivity index (χ4n) is 2.82. The summed E-state index contributed by atoms with van der Waals surface area (Å²) in [6.45, 7) is 7.07. The molecular weight excluding hydrogens is 320 g/mol. The minimum Gasteiger partial charge on any atom is -0.480 e. The maximum Gasteiger partial charge on any atom is 0.320 e. The first-order valence-corrected chi connectivity index (χ1v) is 8.44. The van der Waals surface area contributed by atoms with Crippen molar-refractivity contribution < 1.29 is 19.4 Å². The van der Waals surface area contributed by atoms with Crippen molar-refractivity contribution >= 4 is 24.3 Å². The van der Waals surface area contributed by atoms with Gasteiger partial charge in [-0.3, -0.25) is 19.4 Å². The molecule has 0 spiro atoms. The van der Waals surface area contributed by atoms with Crippen molar-refractivity contribution in [3.63, 3.8) is 0 Å². The van der Waals surface area contributed by atoms with Crippen molar-refractivity contribution in [3.05, 3.63) is 0 Å². The fourth-order valence-corrected chi connectivity index (χ4v) is 2.82. The zero-order valence-corrected chi connectivity index (χ0v) is 15.0. The molecule has 0 amide bonds. The Kier molecular flexibility index (Phi) is 13.1. The second-order valence-corrected chi connectivity index (χ2v) is 5.87. The van der Waals surface area contributed by atoms with Crippen molar-refractivity contribution in [2.24, 2.45) is 0 Å². The number of hydrogen-bond acceptors (Lipinski definition) is 5. The molecule has 1 N–H and O–H groups in total. The lowest BCUT2D eigenvalue weighted by Crippen LogP contribution is -2.35. The lowest BCUT2D eigenvalue weighted by atomic mass is 10.1. The third-order valence-corrected chi connectivity index (χ3v) is 3.91. The van der Waals surface area contributed by atoms with Gasteiger partial charge in [-0.1, -0.05) is 12.8 Å². The Balaban J connectivity index is 0.000000409. The summed E-state index contributed by atoms with van der Waals surface area (Å²) in [5.74, 6) is -0.790. The number of esters is 1. The number of ether oxygens (including phenoxy) is 1. The first-order valence-electron chi connectivity index (χ1n) is 8.44. The third kappa shape index (κ3) is 11.3. The van der Waals surface area contributed by atoms with Crippen LogP contribution in [0.5, 0.6) is 0 Å². The Labute approximate surface area is 145 Å². The van der Waals surface area contributed by atoms with E-state index in [4.69, 9.17) is 9.84 Å². The van der Waals surface area contributed by atoms with Crippen LogP contribution in [0.3, 0.4) is 0 Å². The van der Waals surface area contributed by atoms with Gasteiger partial charge in [0.2, 0.25) is 0 Å². The molecule has 0 aromatic carbocycles. The average Bonchev–Trinajstić information content (AvgIpc) is 2.49. The summed E-state index contributed by atoms with van der Waals surface area (Å²) in [4.78, 5) is 25.4. The highest BCUT2D eigenvalue weighted by Gasteiger charge is 2.14. The molecule has 2 rings (SSSR count). The zero-order valence-electron chi connectivity index (χ0n) is 14.2. The van der Waals surface area contributed by atoms with Gasteiger partial charge in [-0.05, 0) is 58.8 Å². The van der Waals surface area contributed by atoms with Crippen molar-refractivity contribution in [1.29, 1.82) is 0 Å². The maximum absolute atomic E-state index is 11.0. The Hall–Kier alpha value is -0.850. The van der Waals surface area contributed by atoms with E-state index in [2.05, 4.69) is 4.90 Å². The fraction of sp³-hybridized carbons (Fsp3) is 0.875. The number of likely N-dealkylation sites (tertiary alicyclic amines) is 2. The van der Waals surface area contributed by atoms with E-state index >= 15 is 0 Å². The lowest BCUT2D eigenvalue weighted by Gasteiger charge is -2.24. The average molecular weight is 351 g/mol. The Bertz CT molecular complexity index is 330. The molecule has 6 nitrogen and oxygen atoms in total. The largest absolute Gasteiger partial charge is 0.480 e. The Morgan fingerprint density at radius 3 is 1.70 bits per heavy atom. The summed E-state index contributed by atoms with van der Waals surface area (Å²) >= 11 is 0. The van der Waals surface area contributed by atoms with Crippen LogP contribution in [0.15, 0.2) is 0 Å². The molecule has 0 atom stereocenters. The van der Waals surface area contributed by atoms with Crippen molar-refractivity contribution in [3.8, 4) is 0 Å². The van der Waals surface area contributed by atoms with Crippen molar-refractivity contribution in [2.75, 3.05) is 45.9 Å². The number of carboxylic acid groups (broad SMARTS) is 1. The molecule has 0 radical (unpaired) electrons. The number of nitrogens with zero attached hydrogens (tertiary/aromatic N) is 2. The number of aliphatic carboxylic acids is 1. The monoisotopic (exact) mass is 350 g/mol. The van der Waals surface area contributed by atoms with Gasteiger partial charge >= 0.3 is 11.9 Å². The zero-order chi connectivity index (χ0) is 16.2. The van der Waals surface area contributed by atoms with E-state index in [1.165, 1.54) is 25.7 Å². The van der Waals surface area contributed by atoms with E-state index in [1.807, 2.05) is 11.8 Å². The highest BCUT2D eigenvalue weighted by Crippen LogP contribution is 2.08. The standard InChI is InChI=1S/C9H17NO2.C7H13NO2.ClH/c1-2-12-9(11)8-10-6-4-3-5-7-10;9-7(10)6-8-4-2-1-3-5-8;/h2-8H2,1H3;1-6H2,(H,9,10);1H. The Morgan fingerprint density at radius 1 is 0.870 bits per heavy atom. The molecule has 0 aromatic heterocycles. The first kappa shape index (κ1) is 22.1. The number of hydrogen-bond donors (Lipinski definition) is 1. The van der Waals surface area contributed by atoms with Crippen LogP contribution >= 0.6 is 12.4 Å². The summed E-state index contributed by atoms with van der Waals surface area (Å²) in [5, 5.41) is 8.42. The van der Waals surface area contributed by atoms with Crippen LogP contribution in [0.4, 0.5) is 0 Å². The molecule has 0 bridgehead atoms. The smallest absolute Gasteiger partial charge is 0.320 e. The molecule has 0 aromatic rings. The van der Waals surface area contributed by atoms with E-state index < -0.39 is 5.97 Å². The van der Waals surface area contributed by atoms with E-state index in [-0.39, 0.29) is 24.9 Å². The normalized spacial score (nSPS) is 19.0. The second kappa shape index (κ2) is 13.6. The van der Waals surface area contributed by atoms with E-state index in [0.717, 1.165) is 39.0 Å². The number of piperidine rings is 2. The minimum atomic E-state index is -0.707. The van der Waals surface area contributed by atoms with Crippen LogP contribution in [-0.2, 0) is 14.3 Å². The van der Waals surface area contributed by atoms with Gasteiger partial charge in [0.05, 0.1) is 19.7 Å². The molecule has 2 aliphatic rings. The molecule has 136 valence electrons. The molecule has 2 saturated heterocycles. The van der Waals surface area contributed by atoms with Gasteiger partial charge in [-0.2, -0.15) is 0 Å². The summed E-state index contributed by atoms with van der Waals surface area (Å²) in [6.07, 6.45) is 7.33. The van der Waals surface area contributed by atoms with Crippen LogP contribution in [0.1, 0.15) is 45.4 Å². The highest BCUT2D eigenvalue weighted by molar-refractivity contribution is 5.85. The molecule has 0 unspecified atom stereocenters. The molecule has 7 heteroatoms. The van der Waals surface area contributed by atoms with Gasteiger partial charge in [0.1, 0.15) is 0 Å². The van der Waals surface area contributed by atoms with Crippen LogP contribution in [0.2, 0.25) is 0 Å². The summed E-state index contributed by atoms with van der Waals surface area (Å²) in [7, 11) is 0. The molecular formula is C16H31ClN2O4. The number of carbonyl (C=O) groups excluding carboxylic acids is 1. The van der Waals surface area contributed by atoms with Crippen LogP contribution in [-0.4, -0.2) is 72.7 Å². The lowest BCUT2D eigenvalue weighted by molar-refractivity contribution is -0.144. The number of rotatable bonds is 5. The molecule has 0 aliphatic carbocycles. The van der Waals surface area contributed by atoms with Gasteiger partial charge in [0, 0.05) is 0 Å². The van der Waals surface area contributed by atoms with Gasteiger partial charge in [-0.15, -0.1) is 12.4 Å². The number of carboxylic acids is 1. The SMILES string of the molecule is CCOC(=O)CN1CCCCC1.Cl.O=C(O)CN1CCCCC1. The predicted octanol–water partition coefficient (Wildman–Crippen LogP) is 2.01. The summed E-state index contributed by atoms with van der Waals surface area (Å²) < 4.78 is 4.86. The molecule has 0 saturated carbocycles. The van der Waals surface area contributed by atoms with E-state index in [9.17, 15) is 9.59 Å². The maximum atomic E-state index is 11.0. The number of halogens is 1. The quantitative estimate of drug-likeness (QED) is 0.765. The predicted molar refractivity (Wildman–Crippen MR) is 92.1 cm³/mol. The highest BCUT2D eigenvalue weighted by atomic mass is 35.5. The van der Waals surface area contributed by atoms with Gasteiger partial charge in [0.15, 0.2) is 0 Å². The van der Waals surface area contributed by atoms with Gasteiger partial charge in [-0.25, -0.2) is 0 Å². The number of carbonyl (C=O) groups is 2. The Morgan fingerprint density at radius 2 is 1.30 bits per heavy atom. The third-order valence-electron chi connectivity index (χ3n) is 3.91. The molecule has 2 heterocycles. The summed E-state index contributed by atoms with van der Waals surface area (Å²) in [6, 6.07) is 0. The van der Waals surface area contributed by atoms with Gasteiger partial charge in [0.25, 0.3) is 0 Å². The van der Waals surface area contributed by atoms with Gasteiger partial charge < -0.3 is 9.84 Å². The molecule has 2 aliphatic heterocycles. The topological polar surface area (TPSA) is 70.1 Å². The van der Waals surface area contributed by atoms with E-state index in [0.29, 0.717) is 13.2 Å². The van der Waals surface area contributed by atoms with Crippen LogP contribution < -0.4 is 0 Å². The van der Waals surface area contributed by atoms with Crippen LogP contribution in [0.25, 0.3) is 0 Å². The van der Waals surface area contributed by atoms with Crippen molar-refractivity contribution in [2.45, 2.75) is 45.4 Å². The van der Waals surface area contributed by atoms with Crippen LogP contribution in [0, 0.1) is 0 Å². The minimum absolute atomic E-state index is 0. The first-order chi connectivity index (χ1) is 10.6. The summed E-state index contributed by atoms with van der Waals surface area (Å²) in [5.41, 5.74) is 0. The molecule has 2 fully saturated rings. The molecule has 23 heavy (non-hydrogen) atoms. The van der Waals surface area contributed by atoms with E-state index in [1.54, 1.807) is 0 Å².